The van der Waals surface area contributed by atoms with E-state index in [-0.39, 0.29) is 23.9 Å². The molecule has 1 fully saturated rings. The van der Waals surface area contributed by atoms with E-state index in [1.807, 2.05) is 30.3 Å². The van der Waals surface area contributed by atoms with Crippen LogP contribution in [0, 0.1) is 5.82 Å². The standard InChI is InChI=1S/C20H22FN3O/c1-22-20(23-12-14-10-13-6-2-5-9-19(13)25-14)24-18-11-16(18)15-7-3-4-8-17(15)21/h2-9,14,16,18H,10-12H2,1H3,(H2,22,23,24). The van der Waals surface area contributed by atoms with Gasteiger partial charge in [-0.25, -0.2) is 4.39 Å². The largest absolute Gasteiger partial charge is 0.488 e. The second-order valence-corrected chi connectivity index (χ2v) is 6.62. The number of halogens is 1. The quantitative estimate of drug-likeness (QED) is 0.665. The molecule has 2 aromatic rings. The number of rotatable bonds is 4. The van der Waals surface area contributed by atoms with Gasteiger partial charge in [-0.15, -0.1) is 0 Å². The van der Waals surface area contributed by atoms with Crippen molar-refractivity contribution in [2.45, 2.75) is 30.9 Å². The molecule has 0 radical (unpaired) electrons. The van der Waals surface area contributed by atoms with Crippen molar-refractivity contribution in [3.63, 3.8) is 0 Å². The van der Waals surface area contributed by atoms with Crippen LogP contribution in [0.1, 0.15) is 23.5 Å². The van der Waals surface area contributed by atoms with E-state index in [9.17, 15) is 4.39 Å². The van der Waals surface area contributed by atoms with Gasteiger partial charge in [-0.05, 0) is 29.7 Å². The molecule has 3 atom stereocenters. The van der Waals surface area contributed by atoms with Gasteiger partial charge in [-0.2, -0.15) is 0 Å². The molecule has 1 heterocycles. The lowest BCUT2D eigenvalue weighted by molar-refractivity contribution is 0.235. The number of benzene rings is 2. The number of nitrogens with one attached hydrogen (secondary N) is 2. The highest BCUT2D eigenvalue weighted by molar-refractivity contribution is 5.80. The molecular formula is C20H22FN3O. The highest BCUT2D eigenvalue weighted by Gasteiger charge is 2.40. The molecule has 3 unspecified atom stereocenters. The van der Waals surface area contributed by atoms with Crippen molar-refractivity contribution in [1.29, 1.82) is 0 Å². The van der Waals surface area contributed by atoms with E-state index >= 15 is 0 Å². The summed E-state index contributed by atoms with van der Waals surface area (Å²) in [5.74, 6) is 1.80. The molecule has 4 rings (SSSR count). The maximum absolute atomic E-state index is 13.9. The number of hydrogen-bond donors (Lipinski definition) is 2. The Labute approximate surface area is 147 Å². The van der Waals surface area contributed by atoms with Crippen LogP contribution in [0.2, 0.25) is 0 Å². The van der Waals surface area contributed by atoms with Gasteiger partial charge in [0, 0.05) is 25.4 Å². The summed E-state index contributed by atoms with van der Waals surface area (Å²) in [6, 6.07) is 15.4. The zero-order chi connectivity index (χ0) is 17.2. The molecule has 5 heteroatoms. The number of guanidine groups is 1. The van der Waals surface area contributed by atoms with Crippen molar-refractivity contribution >= 4 is 5.96 Å². The molecule has 4 nitrogen and oxygen atoms in total. The van der Waals surface area contributed by atoms with Gasteiger partial charge in [0.15, 0.2) is 5.96 Å². The topological polar surface area (TPSA) is 45.7 Å². The van der Waals surface area contributed by atoms with Crippen LogP contribution < -0.4 is 15.4 Å². The van der Waals surface area contributed by atoms with Crippen LogP contribution in [0.4, 0.5) is 4.39 Å². The van der Waals surface area contributed by atoms with E-state index in [1.165, 1.54) is 11.6 Å². The fraction of sp³-hybridized carbons (Fsp3) is 0.350. The molecule has 0 bridgehead atoms. The minimum Gasteiger partial charge on any atom is -0.488 e. The average Bonchev–Trinajstić information content (AvgIpc) is 3.26. The van der Waals surface area contributed by atoms with Crippen LogP contribution in [-0.2, 0) is 6.42 Å². The maximum atomic E-state index is 13.9. The Hall–Kier alpha value is -2.56. The summed E-state index contributed by atoms with van der Waals surface area (Å²) in [5.41, 5.74) is 2.03. The summed E-state index contributed by atoms with van der Waals surface area (Å²) in [6.07, 6.45) is 1.94. The molecule has 2 N–H and O–H groups in total. The molecule has 0 amide bonds. The van der Waals surface area contributed by atoms with Crippen molar-refractivity contribution in [3.8, 4) is 5.75 Å². The Morgan fingerprint density at radius 1 is 1.20 bits per heavy atom. The fourth-order valence-electron chi connectivity index (χ4n) is 3.42. The monoisotopic (exact) mass is 339 g/mol. The van der Waals surface area contributed by atoms with Crippen LogP contribution in [0.3, 0.4) is 0 Å². The summed E-state index contributed by atoms with van der Waals surface area (Å²) >= 11 is 0. The highest BCUT2D eigenvalue weighted by atomic mass is 19.1. The van der Waals surface area contributed by atoms with Crippen molar-refractivity contribution in [2.24, 2.45) is 4.99 Å². The van der Waals surface area contributed by atoms with E-state index in [4.69, 9.17) is 4.74 Å². The molecule has 2 aliphatic rings. The average molecular weight is 339 g/mol. The van der Waals surface area contributed by atoms with Gasteiger partial charge in [0.25, 0.3) is 0 Å². The fourth-order valence-corrected chi connectivity index (χ4v) is 3.42. The summed E-state index contributed by atoms with van der Waals surface area (Å²) in [5, 5.41) is 6.70. The second-order valence-electron chi connectivity index (χ2n) is 6.62. The lowest BCUT2D eigenvalue weighted by atomic mass is 10.1. The first-order valence-corrected chi connectivity index (χ1v) is 8.71. The molecule has 0 aromatic heterocycles. The van der Waals surface area contributed by atoms with E-state index < -0.39 is 0 Å². The third-order valence-electron chi connectivity index (χ3n) is 4.85. The van der Waals surface area contributed by atoms with Gasteiger partial charge in [-0.1, -0.05) is 36.4 Å². The molecule has 25 heavy (non-hydrogen) atoms. The maximum Gasteiger partial charge on any atom is 0.191 e. The summed E-state index contributed by atoms with van der Waals surface area (Å²) in [6.45, 7) is 0.686. The van der Waals surface area contributed by atoms with Crippen molar-refractivity contribution in [1.82, 2.24) is 10.6 Å². The summed E-state index contributed by atoms with van der Waals surface area (Å²) < 4.78 is 19.8. The first-order valence-electron chi connectivity index (χ1n) is 8.71. The molecule has 130 valence electrons. The molecule has 0 saturated heterocycles. The van der Waals surface area contributed by atoms with E-state index in [0.717, 1.165) is 30.1 Å². The van der Waals surface area contributed by atoms with Crippen molar-refractivity contribution in [3.05, 3.63) is 65.5 Å². The lowest BCUT2D eigenvalue weighted by Crippen LogP contribution is -2.43. The van der Waals surface area contributed by atoms with Gasteiger partial charge >= 0.3 is 0 Å². The Morgan fingerprint density at radius 3 is 2.80 bits per heavy atom. The van der Waals surface area contributed by atoms with Crippen LogP contribution in [-0.4, -0.2) is 31.7 Å². The van der Waals surface area contributed by atoms with Gasteiger partial charge < -0.3 is 15.4 Å². The minimum atomic E-state index is -0.128. The number of fused-ring (bicyclic) bond motifs is 1. The third-order valence-corrected chi connectivity index (χ3v) is 4.85. The van der Waals surface area contributed by atoms with E-state index in [2.05, 4.69) is 21.7 Å². The molecular weight excluding hydrogens is 317 g/mol. The SMILES string of the molecule is CN=C(NCC1Cc2ccccc2O1)NC1CC1c1ccccc1F. The Morgan fingerprint density at radius 2 is 2.00 bits per heavy atom. The van der Waals surface area contributed by atoms with Crippen LogP contribution >= 0.6 is 0 Å². The first-order chi connectivity index (χ1) is 12.2. The van der Waals surface area contributed by atoms with Crippen LogP contribution in [0.5, 0.6) is 5.75 Å². The van der Waals surface area contributed by atoms with Crippen molar-refractivity contribution in [2.75, 3.05) is 13.6 Å². The minimum absolute atomic E-state index is 0.109. The highest BCUT2D eigenvalue weighted by Crippen LogP contribution is 2.41. The molecule has 1 aliphatic heterocycles. The smallest absolute Gasteiger partial charge is 0.191 e. The number of ether oxygens (including phenoxy) is 1. The van der Waals surface area contributed by atoms with Gasteiger partial charge in [0.05, 0.1) is 6.54 Å². The molecule has 2 aromatic carbocycles. The van der Waals surface area contributed by atoms with Gasteiger partial charge in [0.1, 0.15) is 17.7 Å². The Balaban J connectivity index is 1.28. The van der Waals surface area contributed by atoms with E-state index in [0.29, 0.717) is 6.54 Å². The third kappa shape index (κ3) is 3.45. The molecule has 0 spiro atoms. The zero-order valence-corrected chi connectivity index (χ0v) is 14.2. The second kappa shape index (κ2) is 6.75. The van der Waals surface area contributed by atoms with E-state index in [1.54, 1.807) is 13.1 Å². The number of aliphatic imine (C=N–C) groups is 1. The zero-order valence-electron chi connectivity index (χ0n) is 14.2. The first kappa shape index (κ1) is 15.9. The predicted molar refractivity (Wildman–Crippen MR) is 96.6 cm³/mol. The molecule has 1 saturated carbocycles. The number of nitrogens with zero attached hydrogens (tertiary/aromatic N) is 1. The normalized spacial score (nSPS) is 24.4. The van der Waals surface area contributed by atoms with Crippen LogP contribution in [0.25, 0.3) is 0 Å². The summed E-state index contributed by atoms with van der Waals surface area (Å²) in [7, 11) is 1.75. The molecule has 1 aliphatic carbocycles. The Kier molecular flexibility index (Phi) is 4.30. The summed E-state index contributed by atoms with van der Waals surface area (Å²) in [4.78, 5) is 4.27. The number of para-hydroxylation sites is 1. The van der Waals surface area contributed by atoms with Gasteiger partial charge in [0.2, 0.25) is 0 Å². The van der Waals surface area contributed by atoms with Crippen LogP contribution in [0.15, 0.2) is 53.5 Å². The van der Waals surface area contributed by atoms with Crippen molar-refractivity contribution < 1.29 is 9.13 Å². The van der Waals surface area contributed by atoms with Gasteiger partial charge in [-0.3, -0.25) is 4.99 Å². The lowest BCUT2D eigenvalue weighted by Gasteiger charge is -2.15. The predicted octanol–water partition coefficient (Wildman–Crippen LogP) is 2.85. The Bertz CT molecular complexity index is 767. The number of hydrogen-bond acceptors (Lipinski definition) is 2.